The van der Waals surface area contributed by atoms with Crippen LogP contribution in [0.25, 0.3) is 0 Å². The van der Waals surface area contributed by atoms with Crippen molar-refractivity contribution in [2.75, 3.05) is 11.9 Å². The van der Waals surface area contributed by atoms with Crippen molar-refractivity contribution in [2.45, 2.75) is 6.92 Å². The van der Waals surface area contributed by atoms with Gasteiger partial charge in [-0.15, -0.1) is 6.42 Å². The van der Waals surface area contributed by atoms with Gasteiger partial charge in [0, 0.05) is 5.69 Å². The summed E-state index contributed by atoms with van der Waals surface area (Å²) in [6, 6.07) is 12.5. The standard InChI is InChI=1S/C18H16BrN3O2/c1-3-10-24-17-9-8-14(11-15(17)19)12-20-22-18(23)21-16-7-5-4-6-13(16)2/h1,4-9,11-12H,10H2,2H3,(H2,21,22,23). The fraction of sp³-hybridized carbons (Fsp3) is 0.111. The van der Waals surface area contributed by atoms with Crippen molar-refractivity contribution in [3.8, 4) is 18.1 Å². The van der Waals surface area contributed by atoms with Crippen LogP contribution in [0.5, 0.6) is 5.75 Å². The van der Waals surface area contributed by atoms with E-state index < -0.39 is 6.03 Å². The van der Waals surface area contributed by atoms with Gasteiger partial charge in [0.15, 0.2) is 0 Å². The van der Waals surface area contributed by atoms with E-state index in [4.69, 9.17) is 11.2 Å². The number of aryl methyl sites for hydroxylation is 1. The van der Waals surface area contributed by atoms with Crippen molar-refractivity contribution in [2.24, 2.45) is 5.10 Å². The van der Waals surface area contributed by atoms with E-state index >= 15 is 0 Å². The van der Waals surface area contributed by atoms with E-state index in [1.807, 2.05) is 37.3 Å². The zero-order valence-electron chi connectivity index (χ0n) is 13.0. The molecule has 2 N–H and O–H groups in total. The fourth-order valence-corrected chi connectivity index (χ4v) is 2.37. The number of hydrazone groups is 1. The number of amides is 2. The van der Waals surface area contributed by atoms with Crippen LogP contribution in [0.15, 0.2) is 52.0 Å². The first-order valence-corrected chi connectivity index (χ1v) is 7.91. The van der Waals surface area contributed by atoms with Crippen LogP contribution in [0.1, 0.15) is 11.1 Å². The van der Waals surface area contributed by atoms with Crippen LogP contribution in [0.3, 0.4) is 0 Å². The highest BCUT2D eigenvalue weighted by Crippen LogP contribution is 2.25. The quantitative estimate of drug-likeness (QED) is 0.465. The molecular weight excluding hydrogens is 370 g/mol. The van der Waals surface area contributed by atoms with Crippen LogP contribution in [-0.4, -0.2) is 18.9 Å². The van der Waals surface area contributed by atoms with Gasteiger partial charge in [-0.1, -0.05) is 24.1 Å². The number of urea groups is 1. The molecule has 0 aromatic heterocycles. The lowest BCUT2D eigenvalue weighted by atomic mass is 10.2. The number of halogens is 1. The first-order chi connectivity index (χ1) is 11.6. The van der Waals surface area contributed by atoms with E-state index in [2.05, 4.69) is 37.7 Å². The van der Waals surface area contributed by atoms with E-state index in [1.165, 1.54) is 6.21 Å². The predicted octanol–water partition coefficient (Wildman–Crippen LogP) is 3.93. The Morgan fingerprint density at radius 1 is 1.38 bits per heavy atom. The van der Waals surface area contributed by atoms with Gasteiger partial charge in [-0.05, 0) is 58.2 Å². The molecule has 2 amide bonds. The first-order valence-electron chi connectivity index (χ1n) is 7.11. The van der Waals surface area contributed by atoms with Crippen LogP contribution < -0.4 is 15.5 Å². The highest BCUT2D eigenvalue weighted by atomic mass is 79.9. The Morgan fingerprint density at radius 2 is 2.17 bits per heavy atom. The number of rotatable bonds is 5. The number of nitrogens with one attached hydrogen (secondary N) is 2. The average Bonchev–Trinajstić information content (AvgIpc) is 2.56. The summed E-state index contributed by atoms with van der Waals surface area (Å²) in [6.45, 7) is 2.12. The molecule has 0 aliphatic rings. The number of terminal acetylenes is 1. The van der Waals surface area contributed by atoms with Gasteiger partial charge >= 0.3 is 6.03 Å². The molecule has 0 fully saturated rings. The molecule has 0 saturated carbocycles. The number of anilines is 1. The summed E-state index contributed by atoms with van der Waals surface area (Å²) in [5, 5.41) is 6.65. The van der Waals surface area contributed by atoms with Crippen molar-refractivity contribution < 1.29 is 9.53 Å². The topological polar surface area (TPSA) is 62.7 Å². The molecule has 0 atom stereocenters. The van der Waals surface area contributed by atoms with E-state index in [0.29, 0.717) is 5.75 Å². The molecule has 0 unspecified atom stereocenters. The molecule has 6 heteroatoms. The highest BCUT2D eigenvalue weighted by Gasteiger charge is 2.03. The Labute approximate surface area is 149 Å². The monoisotopic (exact) mass is 385 g/mol. The van der Waals surface area contributed by atoms with Crippen LogP contribution in [0.2, 0.25) is 0 Å². The van der Waals surface area contributed by atoms with Crippen molar-refractivity contribution in [1.29, 1.82) is 0 Å². The van der Waals surface area contributed by atoms with Crippen molar-refractivity contribution >= 4 is 33.9 Å². The molecule has 2 aromatic carbocycles. The van der Waals surface area contributed by atoms with Crippen molar-refractivity contribution in [3.05, 3.63) is 58.1 Å². The fourth-order valence-electron chi connectivity index (χ4n) is 1.86. The summed E-state index contributed by atoms with van der Waals surface area (Å²) in [5.41, 5.74) is 4.93. The number of nitrogens with zero attached hydrogens (tertiary/aromatic N) is 1. The van der Waals surface area contributed by atoms with Gasteiger partial charge in [0.2, 0.25) is 0 Å². The first kappa shape index (κ1) is 17.6. The third kappa shape index (κ3) is 5.14. The summed E-state index contributed by atoms with van der Waals surface area (Å²) in [6.07, 6.45) is 6.69. The van der Waals surface area contributed by atoms with Gasteiger partial charge in [-0.2, -0.15) is 5.10 Å². The van der Waals surface area contributed by atoms with Crippen LogP contribution >= 0.6 is 15.9 Å². The minimum Gasteiger partial charge on any atom is -0.480 e. The molecule has 0 saturated heterocycles. The van der Waals surface area contributed by atoms with Gasteiger partial charge in [0.05, 0.1) is 10.7 Å². The van der Waals surface area contributed by atoms with E-state index in [9.17, 15) is 4.79 Å². The molecule has 2 rings (SSSR count). The zero-order chi connectivity index (χ0) is 17.4. The smallest absolute Gasteiger partial charge is 0.339 e. The van der Waals surface area contributed by atoms with Crippen molar-refractivity contribution in [1.82, 2.24) is 5.43 Å². The van der Waals surface area contributed by atoms with Crippen LogP contribution in [0.4, 0.5) is 10.5 Å². The number of hydrogen-bond acceptors (Lipinski definition) is 3. The summed E-state index contributed by atoms with van der Waals surface area (Å²) in [4.78, 5) is 11.8. The maximum atomic E-state index is 11.8. The van der Waals surface area contributed by atoms with Gasteiger partial charge in [-0.25, -0.2) is 10.2 Å². The number of carbonyl (C=O) groups excluding carboxylic acids is 1. The summed E-state index contributed by atoms with van der Waals surface area (Å²) < 4.78 is 6.11. The van der Waals surface area contributed by atoms with Gasteiger partial charge < -0.3 is 10.1 Å². The largest absolute Gasteiger partial charge is 0.480 e. The normalized spacial score (nSPS) is 10.2. The lowest BCUT2D eigenvalue weighted by molar-refractivity contribution is 0.252. The van der Waals surface area contributed by atoms with E-state index in [1.54, 1.807) is 12.1 Å². The number of ether oxygens (including phenoxy) is 1. The van der Waals surface area contributed by atoms with E-state index in [0.717, 1.165) is 21.3 Å². The van der Waals surface area contributed by atoms with Gasteiger partial charge in [0.25, 0.3) is 0 Å². The van der Waals surface area contributed by atoms with Crippen molar-refractivity contribution in [3.63, 3.8) is 0 Å². The summed E-state index contributed by atoms with van der Waals surface area (Å²) in [7, 11) is 0. The molecule has 0 heterocycles. The molecule has 2 aromatic rings. The molecule has 24 heavy (non-hydrogen) atoms. The van der Waals surface area contributed by atoms with Crippen LogP contribution in [-0.2, 0) is 0 Å². The third-order valence-corrected chi connectivity index (χ3v) is 3.66. The predicted molar refractivity (Wildman–Crippen MR) is 99.4 cm³/mol. The Hall–Kier alpha value is -2.78. The Bertz CT molecular complexity index is 797. The minimum atomic E-state index is -0.409. The molecule has 5 nitrogen and oxygen atoms in total. The molecule has 122 valence electrons. The molecule has 0 aliphatic heterocycles. The van der Waals surface area contributed by atoms with Crippen LogP contribution in [0, 0.1) is 19.3 Å². The molecule has 0 aliphatic carbocycles. The number of benzene rings is 2. The second-order valence-corrected chi connectivity index (χ2v) is 5.68. The van der Waals surface area contributed by atoms with Gasteiger partial charge in [0.1, 0.15) is 12.4 Å². The van der Waals surface area contributed by atoms with Gasteiger partial charge in [-0.3, -0.25) is 0 Å². The Kier molecular flexibility index (Phi) is 6.41. The van der Waals surface area contributed by atoms with E-state index in [-0.39, 0.29) is 6.61 Å². The molecular formula is C18H16BrN3O2. The maximum Gasteiger partial charge on any atom is 0.339 e. The molecule has 0 radical (unpaired) electrons. The highest BCUT2D eigenvalue weighted by molar-refractivity contribution is 9.10. The third-order valence-electron chi connectivity index (χ3n) is 3.04. The number of para-hydroxylation sites is 1. The SMILES string of the molecule is C#CCOc1ccc(C=NNC(=O)Nc2ccccc2C)cc1Br. The second kappa shape index (κ2) is 8.75. The summed E-state index contributed by atoms with van der Waals surface area (Å²) in [5.74, 6) is 3.05. The Balaban J connectivity index is 1.92. The lowest BCUT2D eigenvalue weighted by Gasteiger charge is -2.07. The number of carbonyl (C=O) groups is 1. The maximum absolute atomic E-state index is 11.8. The minimum absolute atomic E-state index is 0.201. The average molecular weight is 386 g/mol. The Morgan fingerprint density at radius 3 is 2.88 bits per heavy atom. The zero-order valence-corrected chi connectivity index (χ0v) is 14.6. The summed E-state index contributed by atoms with van der Waals surface area (Å²) >= 11 is 3.40. The number of hydrogen-bond donors (Lipinski definition) is 2. The second-order valence-electron chi connectivity index (χ2n) is 4.82. The molecule has 0 spiro atoms. The molecule has 0 bridgehead atoms. The lowest BCUT2D eigenvalue weighted by Crippen LogP contribution is -2.24.